The van der Waals surface area contributed by atoms with E-state index in [1.807, 2.05) is 18.2 Å². The van der Waals surface area contributed by atoms with E-state index in [4.69, 9.17) is 0 Å². The number of aromatic hydroxyl groups is 1. The Bertz CT molecular complexity index is 2350. The van der Waals surface area contributed by atoms with Gasteiger partial charge < -0.3 is 14.9 Å². The molecule has 4 saturated heterocycles. The minimum Gasteiger partial charge on any atom is -0.506 e. The number of nitrogens with one attached hydrogen (secondary N) is 2. The van der Waals surface area contributed by atoms with Gasteiger partial charge in [0.2, 0.25) is 11.8 Å². The van der Waals surface area contributed by atoms with Gasteiger partial charge in [-0.1, -0.05) is 6.07 Å². The second-order valence-corrected chi connectivity index (χ2v) is 15.1. The summed E-state index contributed by atoms with van der Waals surface area (Å²) in [6.07, 6.45) is 2.10. The van der Waals surface area contributed by atoms with Crippen LogP contribution in [0, 0.1) is 11.2 Å². The fraction of sp³-hybridized carbons (Fsp3) is 0.364. The molecule has 5 heterocycles. The van der Waals surface area contributed by atoms with Crippen LogP contribution >= 0.6 is 0 Å². The molecule has 260 valence electrons. The third kappa shape index (κ3) is 4.89. The fourth-order valence-corrected chi connectivity index (χ4v) is 8.94. The van der Waals surface area contributed by atoms with E-state index in [1.54, 1.807) is 16.7 Å². The van der Waals surface area contributed by atoms with Crippen molar-refractivity contribution in [3.05, 3.63) is 64.3 Å². The second-order valence-electron chi connectivity index (χ2n) is 13.5. The first-order valence-electron chi connectivity index (χ1n) is 16.1. The van der Waals surface area contributed by atoms with E-state index in [0.717, 1.165) is 31.6 Å². The number of aromatic nitrogens is 2. The number of carbonyl (C=O) groups is 4. The number of aryl methyl sites for hydroxylation is 1. The summed E-state index contributed by atoms with van der Waals surface area (Å²) in [5.41, 5.74) is 1.53. The lowest BCUT2D eigenvalue weighted by atomic mass is 9.71. The van der Waals surface area contributed by atoms with Crippen molar-refractivity contribution in [3.8, 4) is 5.75 Å². The van der Waals surface area contributed by atoms with Crippen molar-refractivity contribution < 1.29 is 37.1 Å². The van der Waals surface area contributed by atoms with Gasteiger partial charge in [0.05, 0.1) is 11.0 Å². The average molecular weight is 706 g/mol. The molecule has 17 heteroatoms. The van der Waals surface area contributed by atoms with Crippen LogP contribution in [0.2, 0.25) is 0 Å². The first-order valence-corrected chi connectivity index (χ1v) is 17.6. The molecule has 3 N–H and O–H groups in total. The number of imidazole rings is 1. The first kappa shape index (κ1) is 31.8. The number of phenols is 1. The number of hydrogen-bond donors (Lipinski definition) is 3. The summed E-state index contributed by atoms with van der Waals surface area (Å²) in [5, 5.41) is 13.1. The van der Waals surface area contributed by atoms with Gasteiger partial charge in [0.1, 0.15) is 24.0 Å². The van der Waals surface area contributed by atoms with E-state index in [-0.39, 0.29) is 46.5 Å². The van der Waals surface area contributed by atoms with E-state index in [0.29, 0.717) is 34.0 Å². The molecule has 1 atom stereocenters. The van der Waals surface area contributed by atoms with Gasteiger partial charge >= 0.3 is 15.9 Å². The number of carbonyl (C=O) groups excluding carboxylic acids is 4. The summed E-state index contributed by atoms with van der Waals surface area (Å²) in [7, 11) is -2.68. The standard InChI is InChI=1S/C33H32FN7O8S/c1-37-24-14-20(3-5-22(24)41(32(37)47)23-6-7-26(43)35-30(23)45)38-10-8-33(9-11-38)16-39(17-33)31(46)18-2-4-21-19(12-18)13-25(42)29(28(21)34)40-15-27(44)36-50(40,48)49/h2-5,12-14,23,42H,6-11,15-17H2,1H3,(H,36,44)(H,35,43,45). The van der Waals surface area contributed by atoms with Crippen LogP contribution in [0.1, 0.15) is 42.1 Å². The Kier molecular flexibility index (Phi) is 7.01. The molecule has 3 aromatic carbocycles. The van der Waals surface area contributed by atoms with E-state index >= 15 is 4.39 Å². The number of phenolic OH excluding ortho intramolecular Hbond substituents is 1. The molecular formula is C33H32FN7O8S. The molecule has 0 bridgehead atoms. The van der Waals surface area contributed by atoms with Gasteiger partial charge in [0.25, 0.3) is 11.8 Å². The van der Waals surface area contributed by atoms with E-state index < -0.39 is 51.9 Å². The van der Waals surface area contributed by atoms with Gasteiger partial charge in [0, 0.05) is 61.7 Å². The van der Waals surface area contributed by atoms with Crippen LogP contribution in [0.15, 0.2) is 47.3 Å². The van der Waals surface area contributed by atoms with Crippen molar-refractivity contribution >= 4 is 67.0 Å². The lowest BCUT2D eigenvalue weighted by molar-refractivity contribution is -0.135. The molecule has 1 unspecified atom stereocenters. The zero-order chi connectivity index (χ0) is 35.3. The molecule has 50 heavy (non-hydrogen) atoms. The maximum Gasteiger partial charge on any atom is 0.329 e. The van der Waals surface area contributed by atoms with Crippen LogP contribution in [-0.4, -0.2) is 83.9 Å². The maximum absolute atomic E-state index is 15.5. The molecule has 4 aliphatic heterocycles. The molecule has 4 aromatic rings. The zero-order valence-electron chi connectivity index (χ0n) is 26.8. The van der Waals surface area contributed by atoms with Crippen LogP contribution in [0.25, 0.3) is 21.8 Å². The zero-order valence-corrected chi connectivity index (χ0v) is 27.6. The first-order chi connectivity index (χ1) is 23.7. The number of benzene rings is 3. The van der Waals surface area contributed by atoms with Crippen LogP contribution in [0.3, 0.4) is 0 Å². The molecule has 1 aromatic heterocycles. The lowest BCUT2D eigenvalue weighted by Gasteiger charge is -2.54. The molecule has 4 aliphatic rings. The van der Waals surface area contributed by atoms with Crippen molar-refractivity contribution in [1.29, 1.82) is 0 Å². The van der Waals surface area contributed by atoms with Crippen LogP contribution < -0.4 is 24.9 Å². The Morgan fingerprint density at radius 3 is 2.40 bits per heavy atom. The lowest BCUT2D eigenvalue weighted by Crippen LogP contribution is -2.61. The summed E-state index contributed by atoms with van der Waals surface area (Å²) in [6, 6.07) is 10.4. The molecule has 15 nitrogen and oxygen atoms in total. The number of fused-ring (bicyclic) bond motifs is 2. The van der Waals surface area contributed by atoms with E-state index in [1.165, 1.54) is 33.4 Å². The Labute approximate surface area is 284 Å². The van der Waals surface area contributed by atoms with Gasteiger partial charge in [-0.3, -0.25) is 33.6 Å². The highest BCUT2D eigenvalue weighted by atomic mass is 32.2. The summed E-state index contributed by atoms with van der Waals surface area (Å²) < 4.78 is 45.2. The Balaban J connectivity index is 0.943. The minimum absolute atomic E-state index is 0.0119. The largest absolute Gasteiger partial charge is 0.506 e. The number of anilines is 2. The maximum atomic E-state index is 15.5. The topological polar surface area (TPSA) is 183 Å². The smallest absolute Gasteiger partial charge is 0.329 e. The molecule has 0 saturated carbocycles. The monoisotopic (exact) mass is 705 g/mol. The Morgan fingerprint density at radius 2 is 1.72 bits per heavy atom. The molecule has 1 spiro atoms. The Hall–Kier alpha value is -5.45. The van der Waals surface area contributed by atoms with Crippen LogP contribution in [0.4, 0.5) is 15.8 Å². The van der Waals surface area contributed by atoms with Crippen molar-refractivity contribution in [3.63, 3.8) is 0 Å². The van der Waals surface area contributed by atoms with Crippen molar-refractivity contribution in [2.24, 2.45) is 12.5 Å². The van der Waals surface area contributed by atoms with Crippen LogP contribution in [0.5, 0.6) is 5.75 Å². The SMILES string of the molecule is Cn1c(=O)n(C2CCC(=O)NC2=O)c2ccc(N3CCC4(CC3)CN(C(=O)c3ccc5c(F)c(N6CC(=O)NS6(=O)=O)c(O)cc5c3)C4)cc21. The second kappa shape index (κ2) is 11.0. The van der Waals surface area contributed by atoms with Crippen molar-refractivity contribution in [1.82, 2.24) is 24.1 Å². The van der Waals surface area contributed by atoms with Crippen LogP contribution in [-0.2, 0) is 31.6 Å². The van der Waals surface area contributed by atoms with Gasteiger partial charge in [-0.15, -0.1) is 0 Å². The highest BCUT2D eigenvalue weighted by Crippen LogP contribution is 2.43. The summed E-state index contributed by atoms with van der Waals surface area (Å²) >= 11 is 0. The number of hydrogen-bond acceptors (Lipinski definition) is 9. The highest BCUT2D eigenvalue weighted by Gasteiger charge is 2.47. The number of piperidine rings is 2. The minimum atomic E-state index is -4.35. The summed E-state index contributed by atoms with van der Waals surface area (Å²) in [6.45, 7) is 1.90. The molecule has 0 aliphatic carbocycles. The highest BCUT2D eigenvalue weighted by molar-refractivity contribution is 7.92. The summed E-state index contributed by atoms with van der Waals surface area (Å²) in [5.74, 6) is -3.62. The third-order valence-corrected chi connectivity index (χ3v) is 11.8. The van der Waals surface area contributed by atoms with Crippen molar-refractivity contribution in [2.45, 2.75) is 31.7 Å². The fourth-order valence-electron chi connectivity index (χ4n) is 7.78. The van der Waals surface area contributed by atoms with Crippen molar-refractivity contribution in [2.75, 3.05) is 41.9 Å². The van der Waals surface area contributed by atoms with Gasteiger partial charge in [-0.2, -0.15) is 8.42 Å². The molecule has 0 radical (unpaired) electrons. The number of nitrogens with zero attached hydrogens (tertiary/aromatic N) is 5. The number of imide groups is 1. The summed E-state index contributed by atoms with van der Waals surface area (Å²) in [4.78, 5) is 66.4. The Morgan fingerprint density at radius 1 is 0.980 bits per heavy atom. The van der Waals surface area contributed by atoms with E-state index in [2.05, 4.69) is 10.2 Å². The quantitative estimate of drug-likeness (QED) is 0.263. The van der Waals surface area contributed by atoms with E-state index in [9.17, 15) is 37.5 Å². The number of likely N-dealkylation sites (tertiary alicyclic amines) is 1. The molecule has 4 amide bonds. The average Bonchev–Trinajstić information content (AvgIpc) is 3.47. The molecule has 8 rings (SSSR count). The number of amides is 4. The predicted molar refractivity (Wildman–Crippen MR) is 178 cm³/mol. The molecular weight excluding hydrogens is 673 g/mol. The third-order valence-electron chi connectivity index (χ3n) is 10.5. The predicted octanol–water partition coefficient (Wildman–Crippen LogP) is 1.24. The van der Waals surface area contributed by atoms with Gasteiger partial charge in [0.15, 0.2) is 5.82 Å². The van der Waals surface area contributed by atoms with Gasteiger partial charge in [-0.25, -0.2) is 18.2 Å². The number of rotatable bonds is 4. The van der Waals surface area contributed by atoms with Gasteiger partial charge in [-0.05, 0) is 61.0 Å². The molecule has 4 fully saturated rings. The normalized spacial score (nSPS) is 21.5. The number of halogens is 1.